The van der Waals surface area contributed by atoms with Crippen LogP contribution in [0.3, 0.4) is 0 Å². The van der Waals surface area contributed by atoms with Crippen LogP contribution in [-0.4, -0.2) is 0 Å². The first-order chi connectivity index (χ1) is 6.77. The molecule has 0 saturated carbocycles. The maximum atomic E-state index is 8.72. The zero-order chi connectivity index (χ0) is 10.4. The van der Waals surface area contributed by atoms with E-state index < -0.39 is 0 Å². The fraction of sp³-hybridized carbons (Fsp3) is 0.545. The second kappa shape index (κ2) is 6.21. The molecule has 1 aromatic heterocycles. The predicted molar refractivity (Wildman–Crippen MR) is 64.6 cm³/mol. The lowest BCUT2D eigenvalue weighted by Crippen LogP contribution is -1.83. The molecule has 0 amide bonds. The van der Waals surface area contributed by atoms with Crippen LogP contribution in [0.5, 0.6) is 0 Å². The van der Waals surface area contributed by atoms with Gasteiger partial charge in [-0.25, -0.2) is 0 Å². The molecule has 0 saturated heterocycles. The first-order valence-corrected chi connectivity index (χ1v) is 6.57. The van der Waals surface area contributed by atoms with E-state index >= 15 is 0 Å². The molecule has 14 heavy (non-hydrogen) atoms. The first kappa shape index (κ1) is 11.7. The Labute approximate surface area is 97.9 Å². The Morgan fingerprint density at radius 2 is 2.21 bits per heavy atom. The van der Waals surface area contributed by atoms with Gasteiger partial charge < -0.3 is 0 Å². The Kier molecular flexibility index (Phi) is 5.21. The Hall–Kier alpha value is -0.330. The number of hydrogen-bond acceptors (Lipinski definition) is 2. The minimum absolute atomic E-state index is 0.808. The summed E-state index contributed by atoms with van der Waals surface area (Å²) in [6.07, 6.45) is 6.20. The smallest absolute Gasteiger partial charge is 0.110 e. The van der Waals surface area contributed by atoms with Crippen molar-refractivity contribution in [1.29, 1.82) is 5.26 Å². The third kappa shape index (κ3) is 3.43. The Morgan fingerprint density at radius 3 is 2.79 bits per heavy atom. The minimum Gasteiger partial charge on any atom is -0.192 e. The molecule has 0 bridgehead atoms. The lowest BCUT2D eigenvalue weighted by molar-refractivity contribution is 0.667. The van der Waals surface area contributed by atoms with Crippen LogP contribution in [0.2, 0.25) is 0 Å². The van der Waals surface area contributed by atoms with Crippen molar-refractivity contribution >= 4 is 27.3 Å². The normalized spacial score (nSPS) is 10.1. The fourth-order valence-corrected chi connectivity index (χ4v) is 2.94. The third-order valence-electron chi connectivity index (χ3n) is 2.17. The van der Waals surface area contributed by atoms with E-state index in [1.54, 1.807) is 0 Å². The van der Waals surface area contributed by atoms with Crippen LogP contribution in [0.25, 0.3) is 0 Å². The zero-order valence-corrected chi connectivity index (χ0v) is 10.7. The predicted octanol–water partition coefficient (Wildman–Crippen LogP) is 4.51. The van der Waals surface area contributed by atoms with Crippen LogP contribution in [0.1, 0.15) is 43.0 Å². The van der Waals surface area contributed by atoms with Crippen molar-refractivity contribution in [3.05, 3.63) is 20.3 Å². The van der Waals surface area contributed by atoms with Crippen molar-refractivity contribution in [2.45, 2.75) is 39.0 Å². The third-order valence-corrected chi connectivity index (χ3v) is 4.03. The van der Waals surface area contributed by atoms with E-state index in [-0.39, 0.29) is 0 Å². The van der Waals surface area contributed by atoms with Crippen molar-refractivity contribution in [3.63, 3.8) is 0 Å². The van der Waals surface area contributed by atoms with Gasteiger partial charge >= 0.3 is 0 Å². The van der Waals surface area contributed by atoms with Gasteiger partial charge in [-0.1, -0.05) is 26.2 Å². The number of rotatable bonds is 5. The minimum atomic E-state index is 0.808. The topological polar surface area (TPSA) is 23.8 Å². The van der Waals surface area contributed by atoms with Crippen LogP contribution >= 0.6 is 27.3 Å². The summed E-state index contributed by atoms with van der Waals surface area (Å²) in [7, 11) is 0. The van der Waals surface area contributed by atoms with Gasteiger partial charge in [0, 0.05) is 0 Å². The summed E-state index contributed by atoms with van der Waals surface area (Å²) in [5, 5.41) is 8.72. The van der Waals surface area contributed by atoms with E-state index in [0.29, 0.717) is 0 Å². The van der Waals surface area contributed by atoms with Gasteiger partial charge in [0.2, 0.25) is 0 Å². The van der Waals surface area contributed by atoms with Gasteiger partial charge in [0.25, 0.3) is 0 Å². The van der Waals surface area contributed by atoms with E-state index in [2.05, 4.69) is 28.9 Å². The summed E-state index contributed by atoms with van der Waals surface area (Å²) in [6, 6.07) is 4.18. The molecule has 3 heteroatoms. The summed E-state index contributed by atoms with van der Waals surface area (Å²) in [5.41, 5.74) is 1.29. The van der Waals surface area contributed by atoms with Gasteiger partial charge in [-0.05, 0) is 40.4 Å². The van der Waals surface area contributed by atoms with Crippen LogP contribution in [-0.2, 0) is 6.42 Å². The van der Waals surface area contributed by atoms with E-state index in [4.69, 9.17) is 5.26 Å². The average molecular weight is 272 g/mol. The van der Waals surface area contributed by atoms with Gasteiger partial charge in [0.1, 0.15) is 10.9 Å². The number of thiophene rings is 1. The molecule has 1 nitrogen and oxygen atoms in total. The molecule has 1 aromatic rings. The van der Waals surface area contributed by atoms with Gasteiger partial charge in [0.05, 0.1) is 3.79 Å². The SMILES string of the molecule is CCCCCCc1cc(C#N)sc1Br. The summed E-state index contributed by atoms with van der Waals surface area (Å²) in [5.74, 6) is 0. The average Bonchev–Trinajstić information content (AvgIpc) is 2.54. The molecular weight excluding hydrogens is 258 g/mol. The number of halogens is 1. The Bertz CT molecular complexity index is 325. The van der Waals surface area contributed by atoms with Crippen molar-refractivity contribution in [1.82, 2.24) is 0 Å². The maximum absolute atomic E-state index is 8.72. The molecule has 1 rings (SSSR count). The first-order valence-electron chi connectivity index (χ1n) is 4.96. The largest absolute Gasteiger partial charge is 0.192 e. The molecule has 0 atom stereocenters. The van der Waals surface area contributed by atoms with Crippen LogP contribution in [0.4, 0.5) is 0 Å². The van der Waals surface area contributed by atoms with Crippen molar-refractivity contribution in [3.8, 4) is 6.07 Å². The molecule has 0 aliphatic heterocycles. The molecule has 76 valence electrons. The lowest BCUT2D eigenvalue weighted by Gasteiger charge is -1.98. The highest BCUT2D eigenvalue weighted by Gasteiger charge is 2.05. The Balaban J connectivity index is 2.43. The number of unbranched alkanes of at least 4 members (excludes halogenated alkanes) is 3. The monoisotopic (exact) mass is 271 g/mol. The van der Waals surface area contributed by atoms with Gasteiger partial charge in [-0.15, -0.1) is 11.3 Å². The molecule has 0 fully saturated rings. The van der Waals surface area contributed by atoms with Crippen molar-refractivity contribution in [2.24, 2.45) is 0 Å². The lowest BCUT2D eigenvalue weighted by atomic mass is 10.1. The highest BCUT2D eigenvalue weighted by molar-refractivity contribution is 9.11. The summed E-state index contributed by atoms with van der Waals surface area (Å²) in [4.78, 5) is 0.808. The molecular formula is C11H14BrNS. The molecule has 0 aliphatic carbocycles. The number of nitriles is 1. The maximum Gasteiger partial charge on any atom is 0.110 e. The van der Waals surface area contributed by atoms with Gasteiger partial charge in [-0.3, -0.25) is 0 Å². The quantitative estimate of drug-likeness (QED) is 0.724. The number of nitrogens with zero attached hydrogens (tertiary/aromatic N) is 1. The molecule has 1 heterocycles. The summed E-state index contributed by atoms with van der Waals surface area (Å²) < 4.78 is 1.13. The van der Waals surface area contributed by atoms with Crippen LogP contribution in [0, 0.1) is 11.3 Å². The van der Waals surface area contributed by atoms with E-state index in [0.717, 1.165) is 15.1 Å². The van der Waals surface area contributed by atoms with Crippen molar-refractivity contribution in [2.75, 3.05) is 0 Å². The van der Waals surface area contributed by atoms with E-state index in [9.17, 15) is 0 Å². The van der Waals surface area contributed by atoms with Crippen molar-refractivity contribution < 1.29 is 0 Å². The molecule has 0 radical (unpaired) electrons. The molecule has 0 unspecified atom stereocenters. The zero-order valence-electron chi connectivity index (χ0n) is 8.35. The van der Waals surface area contributed by atoms with Crippen LogP contribution < -0.4 is 0 Å². The fourth-order valence-electron chi connectivity index (χ4n) is 1.37. The second-order valence-electron chi connectivity index (χ2n) is 3.33. The molecule has 0 N–H and O–H groups in total. The number of aryl methyl sites for hydroxylation is 1. The highest BCUT2D eigenvalue weighted by atomic mass is 79.9. The molecule has 0 aromatic carbocycles. The Morgan fingerprint density at radius 1 is 1.43 bits per heavy atom. The standard InChI is InChI=1S/C11H14BrNS/c1-2-3-4-5-6-9-7-10(8-13)14-11(9)12/h7H,2-6H2,1H3. The molecule has 0 spiro atoms. The van der Waals surface area contributed by atoms with Gasteiger partial charge in [0.15, 0.2) is 0 Å². The van der Waals surface area contributed by atoms with Gasteiger partial charge in [-0.2, -0.15) is 5.26 Å². The summed E-state index contributed by atoms with van der Waals surface area (Å²) >= 11 is 5.03. The van der Waals surface area contributed by atoms with E-state index in [1.807, 2.05) is 6.07 Å². The second-order valence-corrected chi connectivity index (χ2v) is 5.70. The summed E-state index contributed by atoms with van der Waals surface area (Å²) in [6.45, 7) is 2.22. The highest BCUT2D eigenvalue weighted by Crippen LogP contribution is 2.28. The molecule has 0 aliphatic rings. The van der Waals surface area contributed by atoms with E-state index in [1.165, 1.54) is 42.6 Å². The number of hydrogen-bond donors (Lipinski definition) is 0. The van der Waals surface area contributed by atoms with Crippen LogP contribution in [0.15, 0.2) is 9.85 Å².